The van der Waals surface area contributed by atoms with E-state index in [0.717, 1.165) is 25.8 Å². The van der Waals surface area contributed by atoms with Crippen molar-refractivity contribution in [2.45, 2.75) is 6.54 Å². The first-order chi connectivity index (χ1) is 10.6. The number of nitrogens with zero attached hydrogens (tertiary/aromatic N) is 1. The Labute approximate surface area is 146 Å². The van der Waals surface area contributed by atoms with Gasteiger partial charge >= 0.3 is 0 Å². The topological polar surface area (TPSA) is 53.8 Å². The maximum absolute atomic E-state index is 8.45. The van der Waals surface area contributed by atoms with Crippen LogP contribution in [-0.2, 0) is 6.54 Å². The van der Waals surface area contributed by atoms with Crippen LogP contribution in [0, 0.1) is 13.8 Å². The van der Waals surface area contributed by atoms with E-state index in [9.17, 15) is 0 Å². The number of halogens is 1. The molecule has 0 aliphatic heterocycles. The second-order valence-corrected chi connectivity index (χ2v) is 6.54. The molecule has 0 bridgehead atoms. The maximum atomic E-state index is 8.45. The van der Waals surface area contributed by atoms with Crippen molar-refractivity contribution < 1.29 is 4.74 Å². The molecule has 0 spiro atoms. The van der Waals surface area contributed by atoms with Gasteiger partial charge in [-0.2, -0.15) is 0 Å². The van der Waals surface area contributed by atoms with Crippen molar-refractivity contribution >= 4 is 45.7 Å². The fraction of sp³-hybridized carbons (Fsp3) is 0.125. The zero-order chi connectivity index (χ0) is 15.7. The van der Waals surface area contributed by atoms with Gasteiger partial charge in [0.05, 0.1) is 19.2 Å². The SMILES string of the molecule is COc1ccc(Cn2c(=S)[nH]c3ccc(I)cc3c2=N)cc1. The lowest BCUT2D eigenvalue weighted by atomic mass is 10.2. The summed E-state index contributed by atoms with van der Waals surface area (Å²) in [6.45, 7) is 0.555. The summed E-state index contributed by atoms with van der Waals surface area (Å²) in [6, 6.07) is 13.8. The lowest BCUT2D eigenvalue weighted by molar-refractivity contribution is 0.414. The molecule has 0 fully saturated rings. The highest BCUT2D eigenvalue weighted by Gasteiger charge is 2.05. The van der Waals surface area contributed by atoms with Gasteiger partial charge in [-0.15, -0.1) is 0 Å². The number of aromatic nitrogens is 2. The summed E-state index contributed by atoms with van der Waals surface area (Å²) in [5.41, 5.74) is 2.39. The van der Waals surface area contributed by atoms with Gasteiger partial charge in [0.2, 0.25) is 0 Å². The fourth-order valence-corrected chi connectivity index (χ4v) is 3.07. The summed E-state index contributed by atoms with van der Waals surface area (Å²) >= 11 is 7.66. The van der Waals surface area contributed by atoms with Crippen molar-refractivity contribution in [3.8, 4) is 5.75 Å². The molecule has 0 aliphatic carbocycles. The number of hydrogen-bond donors (Lipinski definition) is 2. The standard InChI is InChI=1S/C16H14IN3OS/c1-21-12-5-2-10(3-6-12)9-20-15(18)13-8-11(17)4-7-14(13)19-16(20)22/h2-8,18H,9H2,1H3,(H,19,22). The van der Waals surface area contributed by atoms with E-state index < -0.39 is 0 Å². The Balaban J connectivity index is 2.09. The molecule has 0 radical (unpaired) electrons. The minimum Gasteiger partial charge on any atom is -0.497 e. The highest BCUT2D eigenvalue weighted by Crippen LogP contribution is 2.14. The molecule has 0 atom stereocenters. The number of rotatable bonds is 3. The Morgan fingerprint density at radius 1 is 1.23 bits per heavy atom. The number of methoxy groups -OCH3 is 1. The van der Waals surface area contributed by atoms with Gasteiger partial charge in [0.25, 0.3) is 0 Å². The minimum absolute atomic E-state index is 0.424. The van der Waals surface area contributed by atoms with Crippen molar-refractivity contribution in [3.63, 3.8) is 0 Å². The zero-order valence-electron chi connectivity index (χ0n) is 11.9. The third-order valence-corrected chi connectivity index (χ3v) is 4.49. The number of aromatic amines is 1. The van der Waals surface area contributed by atoms with E-state index in [4.69, 9.17) is 22.4 Å². The quantitative estimate of drug-likeness (QED) is 0.497. The molecule has 6 heteroatoms. The van der Waals surface area contributed by atoms with Crippen LogP contribution in [0.5, 0.6) is 5.75 Å². The summed E-state index contributed by atoms with van der Waals surface area (Å²) < 4.78 is 8.62. The Bertz CT molecular complexity index is 944. The molecule has 2 N–H and O–H groups in total. The zero-order valence-corrected chi connectivity index (χ0v) is 14.9. The molecule has 2 aromatic carbocycles. The molecule has 112 valence electrons. The first kappa shape index (κ1) is 15.2. The summed E-state index contributed by atoms with van der Waals surface area (Å²) in [4.78, 5) is 3.20. The second-order valence-electron chi connectivity index (χ2n) is 4.90. The number of H-pyrrole nitrogens is 1. The molecule has 22 heavy (non-hydrogen) atoms. The number of fused-ring (bicyclic) bond motifs is 1. The number of ether oxygens (including phenoxy) is 1. The van der Waals surface area contributed by atoms with Crippen LogP contribution in [0.2, 0.25) is 0 Å². The van der Waals surface area contributed by atoms with Crippen molar-refractivity contribution in [1.29, 1.82) is 5.41 Å². The van der Waals surface area contributed by atoms with Crippen LogP contribution in [0.1, 0.15) is 5.56 Å². The molecule has 3 rings (SSSR count). The minimum atomic E-state index is 0.424. The van der Waals surface area contributed by atoms with Gasteiger partial charge in [-0.3, -0.25) is 9.98 Å². The van der Waals surface area contributed by atoms with E-state index in [2.05, 4.69) is 27.6 Å². The van der Waals surface area contributed by atoms with Crippen LogP contribution >= 0.6 is 34.8 Å². The molecular formula is C16H14IN3OS. The largest absolute Gasteiger partial charge is 0.497 e. The van der Waals surface area contributed by atoms with Gasteiger partial charge in [0.15, 0.2) is 4.77 Å². The average Bonchev–Trinajstić information content (AvgIpc) is 2.53. The van der Waals surface area contributed by atoms with Crippen molar-refractivity contribution in [2.75, 3.05) is 7.11 Å². The van der Waals surface area contributed by atoms with Gasteiger partial charge in [-0.1, -0.05) is 12.1 Å². The third kappa shape index (κ3) is 2.93. The molecule has 0 unspecified atom stereocenters. The maximum Gasteiger partial charge on any atom is 0.179 e. The van der Waals surface area contributed by atoms with E-state index in [1.54, 1.807) is 11.7 Å². The molecule has 1 aromatic heterocycles. The van der Waals surface area contributed by atoms with Crippen molar-refractivity contribution in [2.24, 2.45) is 0 Å². The first-order valence-corrected chi connectivity index (χ1v) is 8.17. The van der Waals surface area contributed by atoms with Crippen LogP contribution in [-0.4, -0.2) is 16.7 Å². The predicted molar refractivity (Wildman–Crippen MR) is 97.8 cm³/mol. The van der Waals surface area contributed by atoms with Crippen LogP contribution in [0.3, 0.4) is 0 Å². The van der Waals surface area contributed by atoms with E-state index in [1.165, 1.54) is 0 Å². The summed E-state index contributed by atoms with van der Waals surface area (Å²) in [5.74, 6) is 0.818. The monoisotopic (exact) mass is 423 g/mol. The smallest absolute Gasteiger partial charge is 0.179 e. The van der Waals surface area contributed by atoms with Crippen LogP contribution in [0.25, 0.3) is 10.9 Å². The van der Waals surface area contributed by atoms with E-state index in [1.807, 2.05) is 42.5 Å². The Morgan fingerprint density at radius 2 is 1.95 bits per heavy atom. The molecule has 4 nitrogen and oxygen atoms in total. The first-order valence-electron chi connectivity index (χ1n) is 6.68. The predicted octanol–water partition coefficient (Wildman–Crippen LogP) is 3.84. The van der Waals surface area contributed by atoms with Gasteiger partial charge in [0, 0.05) is 8.96 Å². The van der Waals surface area contributed by atoms with Gasteiger partial charge in [-0.25, -0.2) is 0 Å². The lowest BCUT2D eigenvalue weighted by Crippen LogP contribution is -2.23. The summed E-state index contributed by atoms with van der Waals surface area (Å²) in [6.07, 6.45) is 0. The van der Waals surface area contributed by atoms with Gasteiger partial charge in [0.1, 0.15) is 11.2 Å². The third-order valence-electron chi connectivity index (χ3n) is 3.49. The fourth-order valence-electron chi connectivity index (χ4n) is 2.32. The van der Waals surface area contributed by atoms with E-state index >= 15 is 0 Å². The van der Waals surface area contributed by atoms with Crippen LogP contribution in [0.4, 0.5) is 0 Å². The van der Waals surface area contributed by atoms with Crippen molar-refractivity contribution in [3.05, 3.63) is 61.9 Å². The molecule has 0 amide bonds. The molecule has 1 heterocycles. The normalized spacial score (nSPS) is 10.8. The molecule has 3 aromatic rings. The van der Waals surface area contributed by atoms with Gasteiger partial charge < -0.3 is 9.72 Å². The highest BCUT2D eigenvalue weighted by atomic mass is 127. The van der Waals surface area contributed by atoms with E-state index in [-0.39, 0.29) is 0 Å². The van der Waals surface area contributed by atoms with Crippen LogP contribution in [0.15, 0.2) is 42.5 Å². The van der Waals surface area contributed by atoms with E-state index in [0.29, 0.717) is 16.8 Å². The average molecular weight is 423 g/mol. The molecule has 0 saturated heterocycles. The number of nitrogens with one attached hydrogen (secondary N) is 2. The molecule has 0 aliphatic rings. The lowest BCUT2D eigenvalue weighted by Gasteiger charge is -2.10. The Kier molecular flexibility index (Phi) is 4.30. The number of benzene rings is 2. The Hall–Kier alpha value is -1.67. The summed E-state index contributed by atoms with van der Waals surface area (Å²) in [7, 11) is 1.65. The number of hydrogen-bond acceptors (Lipinski definition) is 3. The van der Waals surface area contributed by atoms with Crippen LogP contribution < -0.4 is 10.2 Å². The van der Waals surface area contributed by atoms with Crippen molar-refractivity contribution in [1.82, 2.24) is 9.55 Å². The molecule has 0 saturated carbocycles. The molecular weight excluding hydrogens is 409 g/mol. The highest BCUT2D eigenvalue weighted by molar-refractivity contribution is 14.1. The summed E-state index contributed by atoms with van der Waals surface area (Å²) in [5, 5.41) is 9.32. The second kappa shape index (κ2) is 6.21. The Morgan fingerprint density at radius 3 is 2.64 bits per heavy atom. The van der Waals surface area contributed by atoms with Gasteiger partial charge in [-0.05, 0) is 70.7 Å².